The van der Waals surface area contributed by atoms with Crippen molar-refractivity contribution in [2.45, 2.75) is 32.7 Å². The lowest BCUT2D eigenvalue weighted by molar-refractivity contribution is -0.117. The smallest absolute Gasteiger partial charge is 0.254 e. The molecule has 1 rings (SSSR count). The molecule has 1 aliphatic carbocycles. The molecule has 1 aliphatic rings. The van der Waals surface area contributed by atoms with E-state index in [4.69, 9.17) is 0 Å². The van der Waals surface area contributed by atoms with Gasteiger partial charge in [0.25, 0.3) is 5.91 Å². The maximum atomic E-state index is 13.1. The molecular formula is C10H14FNO. The van der Waals surface area contributed by atoms with Crippen LogP contribution in [-0.2, 0) is 4.79 Å². The molecule has 0 saturated carbocycles. The van der Waals surface area contributed by atoms with Crippen LogP contribution in [0.4, 0.5) is 4.39 Å². The zero-order valence-corrected chi connectivity index (χ0v) is 7.93. The number of rotatable bonds is 2. The van der Waals surface area contributed by atoms with Gasteiger partial charge in [0.05, 0.1) is 5.57 Å². The minimum absolute atomic E-state index is 0.0446. The van der Waals surface area contributed by atoms with Crippen LogP contribution in [0.15, 0.2) is 23.6 Å². The van der Waals surface area contributed by atoms with E-state index in [0.29, 0.717) is 12.8 Å². The molecule has 3 heteroatoms. The highest BCUT2D eigenvalue weighted by Gasteiger charge is 2.15. The minimum atomic E-state index is -0.316. The first kappa shape index (κ1) is 9.96. The lowest BCUT2D eigenvalue weighted by atomic mass is 10.1. The van der Waals surface area contributed by atoms with Crippen molar-refractivity contribution in [2.75, 3.05) is 0 Å². The Bertz CT molecular complexity index is 266. The highest BCUT2D eigenvalue weighted by Crippen LogP contribution is 2.19. The molecular weight excluding hydrogens is 169 g/mol. The van der Waals surface area contributed by atoms with Gasteiger partial charge in [0.15, 0.2) is 0 Å². The van der Waals surface area contributed by atoms with E-state index in [2.05, 4.69) is 5.32 Å². The summed E-state index contributed by atoms with van der Waals surface area (Å²) in [5.74, 6) is -0.621. The van der Waals surface area contributed by atoms with E-state index in [1.165, 1.54) is 0 Å². The number of carbonyl (C=O) groups excluding carboxylic acids is 1. The van der Waals surface area contributed by atoms with Gasteiger partial charge in [-0.05, 0) is 20.3 Å². The molecule has 1 amide bonds. The molecule has 0 fully saturated rings. The lowest BCUT2D eigenvalue weighted by Crippen LogP contribution is -2.31. The number of hydrogen-bond acceptors (Lipinski definition) is 1. The second kappa shape index (κ2) is 4.21. The van der Waals surface area contributed by atoms with E-state index in [-0.39, 0.29) is 23.3 Å². The standard InChI is InChI=1S/C10H14FNO/c1-7(2)12-10(13)8-5-3-4-6-9(8)11/h3,5,7H,4,6H2,1-2H3,(H,12,13). The van der Waals surface area contributed by atoms with Crippen LogP contribution < -0.4 is 5.32 Å². The summed E-state index contributed by atoms with van der Waals surface area (Å²) in [5.41, 5.74) is 0.181. The van der Waals surface area contributed by atoms with Crippen LogP contribution in [0.2, 0.25) is 0 Å². The first-order valence-corrected chi connectivity index (χ1v) is 4.47. The van der Waals surface area contributed by atoms with Crippen molar-refractivity contribution in [1.82, 2.24) is 5.32 Å². The first-order valence-electron chi connectivity index (χ1n) is 4.47. The summed E-state index contributed by atoms with van der Waals surface area (Å²) in [7, 11) is 0. The fourth-order valence-corrected chi connectivity index (χ4v) is 1.18. The van der Waals surface area contributed by atoms with Gasteiger partial charge in [-0.25, -0.2) is 4.39 Å². The van der Waals surface area contributed by atoms with Crippen molar-refractivity contribution < 1.29 is 9.18 Å². The highest BCUT2D eigenvalue weighted by molar-refractivity contribution is 5.97. The van der Waals surface area contributed by atoms with Crippen LogP contribution in [-0.4, -0.2) is 11.9 Å². The molecule has 2 nitrogen and oxygen atoms in total. The Kier molecular flexibility index (Phi) is 3.23. The molecule has 0 saturated heterocycles. The second-order valence-electron chi connectivity index (χ2n) is 3.39. The summed E-state index contributed by atoms with van der Waals surface area (Å²) in [4.78, 5) is 11.4. The summed E-state index contributed by atoms with van der Waals surface area (Å²) >= 11 is 0. The molecule has 0 atom stereocenters. The van der Waals surface area contributed by atoms with Crippen molar-refractivity contribution in [3.63, 3.8) is 0 Å². The first-order chi connectivity index (χ1) is 6.11. The Morgan fingerprint density at radius 2 is 2.31 bits per heavy atom. The van der Waals surface area contributed by atoms with Gasteiger partial charge >= 0.3 is 0 Å². The maximum Gasteiger partial charge on any atom is 0.254 e. The summed E-state index contributed by atoms with van der Waals surface area (Å²) in [5, 5.41) is 2.65. The minimum Gasteiger partial charge on any atom is -0.350 e. The van der Waals surface area contributed by atoms with E-state index < -0.39 is 0 Å². The Morgan fingerprint density at radius 1 is 1.62 bits per heavy atom. The number of nitrogens with one attached hydrogen (secondary N) is 1. The fourth-order valence-electron chi connectivity index (χ4n) is 1.18. The van der Waals surface area contributed by atoms with Gasteiger partial charge in [0.1, 0.15) is 5.83 Å². The van der Waals surface area contributed by atoms with E-state index in [9.17, 15) is 9.18 Å². The van der Waals surface area contributed by atoms with Gasteiger partial charge in [-0.1, -0.05) is 12.2 Å². The Labute approximate surface area is 77.5 Å². The van der Waals surface area contributed by atoms with Gasteiger partial charge in [0, 0.05) is 12.5 Å². The average molecular weight is 183 g/mol. The Morgan fingerprint density at radius 3 is 2.85 bits per heavy atom. The third kappa shape index (κ3) is 2.68. The SMILES string of the molecule is CC(C)NC(=O)C1=C(F)CCC=C1. The van der Waals surface area contributed by atoms with Crippen LogP contribution >= 0.6 is 0 Å². The van der Waals surface area contributed by atoms with Crippen LogP contribution in [0, 0.1) is 0 Å². The summed E-state index contributed by atoms with van der Waals surface area (Å²) in [6.45, 7) is 3.70. The Balaban J connectivity index is 2.70. The van der Waals surface area contributed by atoms with E-state index >= 15 is 0 Å². The quantitative estimate of drug-likeness (QED) is 0.697. The number of carbonyl (C=O) groups is 1. The zero-order valence-electron chi connectivity index (χ0n) is 7.93. The molecule has 72 valence electrons. The van der Waals surface area contributed by atoms with Gasteiger partial charge < -0.3 is 5.32 Å². The predicted molar refractivity (Wildman–Crippen MR) is 49.8 cm³/mol. The summed E-state index contributed by atoms with van der Waals surface area (Å²) in [6.07, 6.45) is 4.40. The zero-order chi connectivity index (χ0) is 9.84. The average Bonchev–Trinajstić information content (AvgIpc) is 2.03. The van der Waals surface area contributed by atoms with Crippen LogP contribution in [0.1, 0.15) is 26.7 Å². The Hall–Kier alpha value is -1.12. The molecule has 0 spiro atoms. The van der Waals surface area contributed by atoms with Crippen molar-refractivity contribution in [1.29, 1.82) is 0 Å². The fraction of sp³-hybridized carbons (Fsp3) is 0.500. The molecule has 0 aromatic heterocycles. The van der Waals surface area contributed by atoms with Crippen LogP contribution in [0.3, 0.4) is 0 Å². The predicted octanol–water partition coefficient (Wildman–Crippen LogP) is 2.08. The largest absolute Gasteiger partial charge is 0.350 e. The van der Waals surface area contributed by atoms with Gasteiger partial charge in [-0.15, -0.1) is 0 Å². The number of amides is 1. The third-order valence-corrected chi connectivity index (χ3v) is 1.77. The highest BCUT2D eigenvalue weighted by atomic mass is 19.1. The van der Waals surface area contributed by atoms with Crippen molar-refractivity contribution in [3.8, 4) is 0 Å². The maximum absolute atomic E-state index is 13.1. The number of allylic oxidation sites excluding steroid dienone is 2. The van der Waals surface area contributed by atoms with Gasteiger partial charge in [0.2, 0.25) is 0 Å². The monoisotopic (exact) mass is 183 g/mol. The molecule has 0 bridgehead atoms. The topological polar surface area (TPSA) is 29.1 Å². The van der Waals surface area contributed by atoms with E-state index in [1.54, 1.807) is 6.08 Å². The molecule has 13 heavy (non-hydrogen) atoms. The molecule has 0 heterocycles. The van der Waals surface area contributed by atoms with E-state index in [0.717, 1.165) is 0 Å². The third-order valence-electron chi connectivity index (χ3n) is 1.77. The molecule has 0 aliphatic heterocycles. The van der Waals surface area contributed by atoms with Gasteiger partial charge in [-0.3, -0.25) is 4.79 Å². The number of halogens is 1. The summed E-state index contributed by atoms with van der Waals surface area (Å²) < 4.78 is 13.1. The normalized spacial score (nSPS) is 16.6. The van der Waals surface area contributed by atoms with Crippen LogP contribution in [0.5, 0.6) is 0 Å². The van der Waals surface area contributed by atoms with Crippen molar-refractivity contribution >= 4 is 5.91 Å². The summed E-state index contributed by atoms with van der Waals surface area (Å²) in [6, 6.07) is 0.0446. The van der Waals surface area contributed by atoms with Crippen molar-refractivity contribution in [2.24, 2.45) is 0 Å². The molecule has 0 aromatic rings. The second-order valence-corrected chi connectivity index (χ2v) is 3.39. The molecule has 0 unspecified atom stereocenters. The van der Waals surface area contributed by atoms with Crippen molar-refractivity contribution in [3.05, 3.63) is 23.6 Å². The molecule has 0 aromatic carbocycles. The number of hydrogen-bond donors (Lipinski definition) is 1. The molecule has 0 radical (unpaired) electrons. The molecule has 1 N–H and O–H groups in total. The lowest BCUT2D eigenvalue weighted by Gasteiger charge is -2.12. The van der Waals surface area contributed by atoms with Gasteiger partial charge in [-0.2, -0.15) is 0 Å². The van der Waals surface area contributed by atoms with E-state index in [1.807, 2.05) is 19.9 Å². The van der Waals surface area contributed by atoms with Crippen LogP contribution in [0.25, 0.3) is 0 Å².